The fourth-order valence-corrected chi connectivity index (χ4v) is 5.21. The van der Waals surface area contributed by atoms with Gasteiger partial charge >= 0.3 is 12.1 Å². The molecule has 1 aliphatic rings. The highest BCUT2D eigenvalue weighted by Gasteiger charge is 2.39. The van der Waals surface area contributed by atoms with Gasteiger partial charge in [0.05, 0.1) is 6.42 Å². The summed E-state index contributed by atoms with van der Waals surface area (Å²) in [6.45, 7) is 10.7. The number of rotatable bonds is 14. The van der Waals surface area contributed by atoms with Crippen LogP contribution in [0.1, 0.15) is 85.0 Å². The van der Waals surface area contributed by atoms with Crippen molar-refractivity contribution in [3.8, 4) is 0 Å². The molecule has 0 aromatic rings. The van der Waals surface area contributed by atoms with Gasteiger partial charge in [0.2, 0.25) is 0 Å². The summed E-state index contributed by atoms with van der Waals surface area (Å²) in [6, 6.07) is 0. The van der Waals surface area contributed by atoms with Crippen molar-refractivity contribution in [2.45, 2.75) is 115 Å². The second-order valence-electron chi connectivity index (χ2n) is 10.7. The molecule has 0 heterocycles. The van der Waals surface area contributed by atoms with E-state index in [0.717, 1.165) is 5.57 Å². The number of carbonyl (C=O) groups is 2. The standard InChI is InChI=1S/C26H41F3O4Si/c1-25(2,3)34(4,5)33-21(12-10-11-19-26(27,28)29)17-15-20-16-18-23(30)22(20)13-8-6-7-9-14-24(31)32/h6,9,16,21-22H,8,10-15,17-19H2,1-5H3,(H,31,32)/t7?,21?,22-/m1/s1. The molecule has 194 valence electrons. The van der Waals surface area contributed by atoms with E-state index in [1.807, 2.05) is 6.08 Å². The molecule has 0 aliphatic heterocycles. The Bertz CT molecular complexity index is 772. The summed E-state index contributed by atoms with van der Waals surface area (Å²) in [5.41, 5.74) is 3.93. The SMILES string of the molecule is CC(C)(C)[Si](C)(C)OC(CCCCC(F)(F)F)CCC1=CCC(=O)[C@@H]1CCC=C=CCC(=O)O. The minimum atomic E-state index is -4.13. The Morgan fingerprint density at radius 1 is 1.24 bits per heavy atom. The first-order valence-corrected chi connectivity index (χ1v) is 15.1. The van der Waals surface area contributed by atoms with Crippen LogP contribution in [0.2, 0.25) is 18.1 Å². The molecule has 0 radical (unpaired) electrons. The van der Waals surface area contributed by atoms with Gasteiger partial charge in [0.1, 0.15) is 5.78 Å². The van der Waals surface area contributed by atoms with Gasteiger partial charge in [0, 0.05) is 24.9 Å². The Morgan fingerprint density at radius 2 is 1.91 bits per heavy atom. The molecule has 0 saturated heterocycles. The van der Waals surface area contributed by atoms with Crippen LogP contribution in [0.15, 0.2) is 29.5 Å². The van der Waals surface area contributed by atoms with Gasteiger partial charge in [-0.25, -0.2) is 0 Å². The number of carbonyl (C=O) groups excluding carboxylic acids is 1. The third-order valence-electron chi connectivity index (χ3n) is 6.77. The number of ketones is 1. The number of halogens is 3. The number of unbranched alkanes of at least 4 members (excludes halogenated alkanes) is 1. The van der Waals surface area contributed by atoms with Crippen LogP contribution in [0, 0.1) is 5.92 Å². The maximum absolute atomic E-state index is 12.5. The molecule has 8 heteroatoms. The van der Waals surface area contributed by atoms with Crippen LogP contribution in [-0.4, -0.2) is 37.5 Å². The normalized spacial score (nSPS) is 17.8. The van der Waals surface area contributed by atoms with Gasteiger partial charge in [0.25, 0.3) is 0 Å². The second-order valence-corrected chi connectivity index (χ2v) is 15.4. The summed E-state index contributed by atoms with van der Waals surface area (Å²) >= 11 is 0. The summed E-state index contributed by atoms with van der Waals surface area (Å²) in [6.07, 6.45) is 4.36. The van der Waals surface area contributed by atoms with Crippen molar-refractivity contribution >= 4 is 20.1 Å². The van der Waals surface area contributed by atoms with Gasteiger partial charge in [-0.2, -0.15) is 13.2 Å². The van der Waals surface area contributed by atoms with Crippen LogP contribution in [0.4, 0.5) is 13.2 Å². The predicted molar refractivity (Wildman–Crippen MR) is 131 cm³/mol. The molecule has 1 aliphatic carbocycles. The zero-order valence-electron chi connectivity index (χ0n) is 21.3. The van der Waals surface area contributed by atoms with E-state index in [1.54, 1.807) is 6.08 Å². The third-order valence-corrected chi connectivity index (χ3v) is 11.3. The van der Waals surface area contributed by atoms with Crippen LogP contribution >= 0.6 is 0 Å². The first-order valence-electron chi connectivity index (χ1n) is 12.2. The van der Waals surface area contributed by atoms with Crippen LogP contribution < -0.4 is 0 Å². The number of hydrogen-bond acceptors (Lipinski definition) is 3. The van der Waals surface area contributed by atoms with E-state index in [9.17, 15) is 22.8 Å². The molecule has 34 heavy (non-hydrogen) atoms. The van der Waals surface area contributed by atoms with Crippen LogP contribution in [0.25, 0.3) is 0 Å². The van der Waals surface area contributed by atoms with Crippen molar-refractivity contribution in [1.29, 1.82) is 0 Å². The van der Waals surface area contributed by atoms with Gasteiger partial charge in [0.15, 0.2) is 8.32 Å². The lowest BCUT2D eigenvalue weighted by molar-refractivity contribution is -0.136. The van der Waals surface area contributed by atoms with E-state index in [1.165, 1.54) is 6.08 Å². The monoisotopic (exact) mass is 502 g/mol. The van der Waals surface area contributed by atoms with E-state index in [4.69, 9.17) is 9.53 Å². The molecule has 0 aromatic heterocycles. The molecule has 1 rings (SSSR count). The van der Waals surface area contributed by atoms with Crippen molar-refractivity contribution < 1.29 is 32.3 Å². The van der Waals surface area contributed by atoms with E-state index < -0.39 is 26.9 Å². The van der Waals surface area contributed by atoms with Crippen LogP contribution in [0.3, 0.4) is 0 Å². The smallest absolute Gasteiger partial charge is 0.389 e. The van der Waals surface area contributed by atoms with Crippen LogP contribution in [-0.2, 0) is 14.0 Å². The highest BCUT2D eigenvalue weighted by atomic mass is 28.4. The first kappa shape index (κ1) is 30.4. The highest BCUT2D eigenvalue weighted by molar-refractivity contribution is 6.74. The lowest BCUT2D eigenvalue weighted by atomic mass is 9.91. The zero-order chi connectivity index (χ0) is 26.0. The summed E-state index contributed by atoms with van der Waals surface area (Å²) in [7, 11) is -2.08. The summed E-state index contributed by atoms with van der Waals surface area (Å²) in [5.74, 6) is -0.883. The number of hydrogen-bond donors (Lipinski definition) is 1. The second kappa shape index (κ2) is 13.5. The molecule has 0 spiro atoms. The molecule has 0 fully saturated rings. The maximum atomic E-state index is 12.5. The predicted octanol–water partition coefficient (Wildman–Crippen LogP) is 7.76. The Kier molecular flexibility index (Phi) is 12.0. The third kappa shape index (κ3) is 11.7. The van der Waals surface area contributed by atoms with Gasteiger partial charge in [-0.15, -0.1) is 5.73 Å². The number of Topliss-reactive ketones (excluding diaryl/α,β-unsaturated/α-hetero) is 1. The zero-order valence-corrected chi connectivity index (χ0v) is 22.3. The molecular weight excluding hydrogens is 461 g/mol. The van der Waals surface area contributed by atoms with E-state index in [0.29, 0.717) is 44.9 Å². The number of allylic oxidation sites excluding steroid dienone is 2. The largest absolute Gasteiger partial charge is 0.481 e. The maximum Gasteiger partial charge on any atom is 0.389 e. The van der Waals surface area contributed by atoms with Crippen molar-refractivity contribution in [3.63, 3.8) is 0 Å². The van der Waals surface area contributed by atoms with E-state index in [-0.39, 0.29) is 35.7 Å². The molecule has 0 amide bonds. The highest BCUT2D eigenvalue weighted by Crippen LogP contribution is 2.39. The molecule has 1 unspecified atom stereocenters. The minimum Gasteiger partial charge on any atom is -0.481 e. The average molecular weight is 503 g/mol. The van der Waals surface area contributed by atoms with Gasteiger partial charge in [-0.1, -0.05) is 38.8 Å². The van der Waals surface area contributed by atoms with E-state index >= 15 is 0 Å². The Morgan fingerprint density at radius 3 is 2.50 bits per heavy atom. The molecule has 1 N–H and O–H groups in total. The number of aliphatic carboxylic acids is 1. The van der Waals surface area contributed by atoms with Gasteiger partial charge in [-0.05, 0) is 68.8 Å². The lowest BCUT2D eigenvalue weighted by Crippen LogP contribution is -2.44. The summed E-state index contributed by atoms with van der Waals surface area (Å²) in [5, 5.41) is 8.64. The van der Waals surface area contributed by atoms with Crippen molar-refractivity contribution in [3.05, 3.63) is 29.5 Å². The molecule has 0 aromatic carbocycles. The number of carboxylic acids is 1. The fourth-order valence-electron chi connectivity index (χ4n) is 3.79. The molecular formula is C26H41F3O4Si. The average Bonchev–Trinajstić information content (AvgIpc) is 3.03. The quantitative estimate of drug-likeness (QED) is 0.114. The van der Waals surface area contributed by atoms with Crippen LogP contribution in [0.5, 0.6) is 0 Å². The molecule has 4 nitrogen and oxygen atoms in total. The van der Waals surface area contributed by atoms with Crippen molar-refractivity contribution in [1.82, 2.24) is 0 Å². The lowest BCUT2D eigenvalue weighted by Gasteiger charge is -2.39. The van der Waals surface area contributed by atoms with E-state index in [2.05, 4.69) is 39.6 Å². The van der Waals surface area contributed by atoms with Crippen molar-refractivity contribution in [2.24, 2.45) is 5.92 Å². The summed E-state index contributed by atoms with van der Waals surface area (Å²) in [4.78, 5) is 22.9. The Balaban J connectivity index is 2.72. The van der Waals surface area contributed by atoms with Gasteiger partial charge in [-0.3, -0.25) is 9.59 Å². The number of carboxylic acid groups (broad SMARTS) is 1. The fraction of sp³-hybridized carbons (Fsp3) is 0.731. The van der Waals surface area contributed by atoms with Gasteiger partial charge < -0.3 is 9.53 Å². The Labute approximate surface area is 203 Å². The Hall–Kier alpha value is -1.63. The first-order chi connectivity index (χ1) is 15.6. The number of alkyl halides is 3. The van der Waals surface area contributed by atoms with Crippen molar-refractivity contribution in [2.75, 3.05) is 0 Å². The molecule has 0 saturated carbocycles. The molecule has 2 atom stereocenters. The summed E-state index contributed by atoms with van der Waals surface area (Å²) < 4.78 is 44.2. The topological polar surface area (TPSA) is 63.6 Å². The molecule has 0 bridgehead atoms. The minimum absolute atomic E-state index is 0.00282.